The molecule has 7 nitrogen and oxygen atoms in total. The molecule has 29 heavy (non-hydrogen) atoms. The molecule has 0 radical (unpaired) electrons. The van der Waals surface area contributed by atoms with Crippen LogP contribution in [0.2, 0.25) is 0 Å². The van der Waals surface area contributed by atoms with Gasteiger partial charge in [0.2, 0.25) is 0 Å². The minimum atomic E-state index is -0.618. The van der Waals surface area contributed by atoms with Crippen LogP contribution in [0.15, 0.2) is 12.4 Å². The maximum absolute atomic E-state index is 12.7. The molecular weight excluding hydrogens is 368 g/mol. The van der Waals surface area contributed by atoms with Crippen molar-refractivity contribution >= 4 is 17.6 Å². The first-order valence-corrected chi connectivity index (χ1v) is 11.0. The number of nitrogens with zero attached hydrogens (tertiary/aromatic N) is 3. The lowest BCUT2D eigenvalue weighted by Crippen LogP contribution is -2.58. The second-order valence-corrected chi connectivity index (χ2v) is 9.61. The molecule has 0 unspecified atom stereocenters. The molecule has 1 saturated heterocycles. The van der Waals surface area contributed by atoms with E-state index < -0.39 is 11.8 Å². The van der Waals surface area contributed by atoms with Gasteiger partial charge in [-0.15, -0.1) is 0 Å². The smallest absolute Gasteiger partial charge is 0.315 e. The third kappa shape index (κ3) is 3.33. The number of hydrogen-bond acceptors (Lipinski definition) is 5. The summed E-state index contributed by atoms with van der Waals surface area (Å²) in [7, 11) is 1.58. The Hall–Kier alpha value is -2.02. The molecule has 4 saturated carbocycles. The second-order valence-electron chi connectivity index (χ2n) is 9.61. The van der Waals surface area contributed by atoms with Crippen LogP contribution in [0.25, 0.3) is 0 Å². The normalized spacial score (nSPS) is 31.8. The Morgan fingerprint density at radius 1 is 1.10 bits per heavy atom. The molecule has 2 heterocycles. The van der Waals surface area contributed by atoms with E-state index in [0.717, 1.165) is 36.5 Å². The number of carbonyl (C=O) groups excluding carboxylic acids is 2. The molecule has 2 amide bonds. The molecule has 5 fully saturated rings. The van der Waals surface area contributed by atoms with E-state index in [1.54, 1.807) is 18.1 Å². The Morgan fingerprint density at radius 2 is 1.76 bits per heavy atom. The number of anilines is 1. The highest BCUT2D eigenvalue weighted by molar-refractivity contribution is 6.39. The van der Waals surface area contributed by atoms with Crippen molar-refractivity contribution in [3.8, 4) is 0 Å². The summed E-state index contributed by atoms with van der Waals surface area (Å²) in [6.07, 6.45) is 10.6. The van der Waals surface area contributed by atoms with Crippen LogP contribution in [0.3, 0.4) is 0 Å². The fourth-order valence-electron chi connectivity index (χ4n) is 7.07. The first-order chi connectivity index (χ1) is 14.1. The quantitative estimate of drug-likeness (QED) is 0.791. The van der Waals surface area contributed by atoms with Gasteiger partial charge in [0.15, 0.2) is 0 Å². The molecule has 0 atom stereocenters. The molecule has 156 valence electrons. The van der Waals surface area contributed by atoms with Gasteiger partial charge < -0.3 is 15.0 Å². The number of carbonyl (C=O) groups is 2. The molecule has 1 aliphatic heterocycles. The van der Waals surface area contributed by atoms with Gasteiger partial charge in [-0.2, -0.15) is 0 Å². The molecule has 0 aromatic carbocycles. The Labute approximate surface area is 171 Å². The SMILES string of the molecule is COCc1cc(NC(=O)C(=O)N2CCC3(CC2)C2CC4CC(C2)CC3C4)ncn1. The third-order valence-electron chi connectivity index (χ3n) is 8.20. The Kier molecular flexibility index (Phi) is 4.81. The fourth-order valence-corrected chi connectivity index (χ4v) is 7.07. The van der Waals surface area contributed by atoms with Crippen LogP contribution < -0.4 is 5.32 Å². The third-order valence-corrected chi connectivity index (χ3v) is 8.20. The zero-order valence-electron chi connectivity index (χ0n) is 17.1. The van der Waals surface area contributed by atoms with Crippen LogP contribution in [0, 0.1) is 29.1 Å². The topological polar surface area (TPSA) is 84.4 Å². The zero-order valence-corrected chi connectivity index (χ0v) is 17.1. The summed E-state index contributed by atoms with van der Waals surface area (Å²) in [5.74, 6) is 2.90. The maximum Gasteiger partial charge on any atom is 0.315 e. The summed E-state index contributed by atoms with van der Waals surface area (Å²) in [4.78, 5) is 35.1. The van der Waals surface area contributed by atoms with Crippen molar-refractivity contribution < 1.29 is 14.3 Å². The predicted molar refractivity (Wildman–Crippen MR) is 107 cm³/mol. The Morgan fingerprint density at radius 3 is 2.38 bits per heavy atom. The number of ether oxygens (including phenoxy) is 1. The maximum atomic E-state index is 12.7. The van der Waals surface area contributed by atoms with Gasteiger partial charge >= 0.3 is 11.8 Å². The second kappa shape index (κ2) is 7.35. The monoisotopic (exact) mass is 398 g/mol. The lowest BCUT2D eigenvalue weighted by atomic mass is 9.43. The van der Waals surface area contributed by atoms with E-state index in [4.69, 9.17) is 4.74 Å². The number of rotatable bonds is 3. The van der Waals surface area contributed by atoms with E-state index in [2.05, 4.69) is 15.3 Å². The Balaban J connectivity index is 1.20. The summed E-state index contributed by atoms with van der Waals surface area (Å²) < 4.78 is 5.05. The van der Waals surface area contributed by atoms with Crippen molar-refractivity contribution in [3.05, 3.63) is 18.1 Å². The highest BCUT2D eigenvalue weighted by Crippen LogP contribution is 2.65. The minimum absolute atomic E-state index is 0.331. The summed E-state index contributed by atoms with van der Waals surface area (Å²) in [5, 5.41) is 2.62. The molecular formula is C22H30N4O3. The van der Waals surface area contributed by atoms with Gasteiger partial charge in [0.05, 0.1) is 12.3 Å². The molecule has 7 heteroatoms. The van der Waals surface area contributed by atoms with Crippen molar-refractivity contribution in [1.82, 2.24) is 14.9 Å². The average Bonchev–Trinajstić information content (AvgIpc) is 2.72. The van der Waals surface area contributed by atoms with Gasteiger partial charge in [0.25, 0.3) is 0 Å². The molecule has 5 aliphatic rings. The molecule has 4 bridgehead atoms. The first-order valence-electron chi connectivity index (χ1n) is 11.0. The number of aromatic nitrogens is 2. The van der Waals surface area contributed by atoms with Crippen molar-refractivity contribution in [3.63, 3.8) is 0 Å². The van der Waals surface area contributed by atoms with Crippen LogP contribution in [0.1, 0.15) is 50.6 Å². The largest absolute Gasteiger partial charge is 0.378 e. The standard InChI is InChI=1S/C22H30N4O3/c1-29-12-18-11-19(24-13-23-18)25-20(27)21(28)26-4-2-22(3-5-26)16-7-14-6-15(9-16)10-17(22)8-14/h11,13-17H,2-10,12H2,1H3,(H,23,24,25,27). The van der Waals surface area contributed by atoms with Crippen LogP contribution in [-0.4, -0.2) is 46.9 Å². The number of piperidine rings is 1. The molecule has 6 rings (SSSR count). The number of nitrogens with one attached hydrogen (secondary N) is 1. The number of methoxy groups -OCH3 is 1. The van der Waals surface area contributed by atoms with Gasteiger partial charge in [-0.3, -0.25) is 9.59 Å². The molecule has 1 spiro atoms. The van der Waals surface area contributed by atoms with E-state index in [0.29, 0.717) is 36.6 Å². The Bertz CT molecular complexity index is 773. The van der Waals surface area contributed by atoms with Gasteiger partial charge in [0, 0.05) is 26.3 Å². The number of hydrogen-bond donors (Lipinski definition) is 1. The lowest BCUT2D eigenvalue weighted by Gasteiger charge is -2.63. The van der Waals surface area contributed by atoms with Crippen LogP contribution >= 0.6 is 0 Å². The molecule has 1 N–H and O–H groups in total. The predicted octanol–water partition coefficient (Wildman–Crippen LogP) is 2.63. The van der Waals surface area contributed by atoms with Crippen molar-refractivity contribution in [2.75, 3.05) is 25.5 Å². The summed E-state index contributed by atoms with van der Waals surface area (Å²) in [6.45, 7) is 1.73. The van der Waals surface area contributed by atoms with Crippen molar-refractivity contribution in [2.45, 2.75) is 51.6 Å². The number of amides is 2. The van der Waals surface area contributed by atoms with Crippen molar-refractivity contribution in [1.29, 1.82) is 0 Å². The average molecular weight is 399 g/mol. The number of likely N-dealkylation sites (tertiary alicyclic amines) is 1. The molecule has 1 aromatic heterocycles. The molecule has 4 aliphatic carbocycles. The van der Waals surface area contributed by atoms with Crippen LogP contribution in [0.4, 0.5) is 5.82 Å². The summed E-state index contributed by atoms with van der Waals surface area (Å²) in [6, 6.07) is 1.63. The lowest BCUT2D eigenvalue weighted by molar-refractivity contribution is -0.155. The van der Waals surface area contributed by atoms with Crippen LogP contribution in [-0.2, 0) is 20.9 Å². The minimum Gasteiger partial charge on any atom is -0.378 e. The van der Waals surface area contributed by atoms with E-state index >= 15 is 0 Å². The van der Waals surface area contributed by atoms with Crippen molar-refractivity contribution in [2.24, 2.45) is 29.1 Å². The summed E-state index contributed by atoms with van der Waals surface area (Å²) in [5.41, 5.74) is 1.09. The van der Waals surface area contributed by atoms with E-state index in [1.165, 1.54) is 38.4 Å². The van der Waals surface area contributed by atoms with Crippen LogP contribution in [0.5, 0.6) is 0 Å². The van der Waals surface area contributed by atoms with Gasteiger partial charge in [-0.1, -0.05) is 0 Å². The summed E-state index contributed by atoms with van der Waals surface area (Å²) >= 11 is 0. The van der Waals surface area contributed by atoms with E-state index in [-0.39, 0.29) is 0 Å². The zero-order chi connectivity index (χ0) is 20.0. The van der Waals surface area contributed by atoms with Gasteiger partial charge in [-0.05, 0) is 74.0 Å². The van der Waals surface area contributed by atoms with E-state index in [9.17, 15) is 9.59 Å². The molecule has 1 aromatic rings. The van der Waals surface area contributed by atoms with E-state index in [1.807, 2.05) is 0 Å². The highest BCUT2D eigenvalue weighted by Gasteiger charge is 2.57. The highest BCUT2D eigenvalue weighted by atomic mass is 16.5. The van der Waals surface area contributed by atoms with Gasteiger partial charge in [-0.25, -0.2) is 9.97 Å². The first kappa shape index (κ1) is 19.0. The fraction of sp³-hybridized carbons (Fsp3) is 0.727. The van der Waals surface area contributed by atoms with Gasteiger partial charge in [0.1, 0.15) is 12.1 Å².